The molecular formula is C14H16N2O3S2. The van der Waals surface area contributed by atoms with E-state index in [-0.39, 0.29) is 18.1 Å². The second kappa shape index (κ2) is 7.33. The average molecular weight is 324 g/mol. The Kier molecular flexibility index (Phi) is 5.46. The molecule has 0 atom stereocenters. The van der Waals surface area contributed by atoms with E-state index in [1.54, 1.807) is 18.3 Å². The fraction of sp³-hybridized carbons (Fsp3) is 0.357. The molecule has 0 amide bonds. The van der Waals surface area contributed by atoms with E-state index in [2.05, 4.69) is 16.4 Å². The molecule has 5 nitrogen and oxygen atoms in total. The molecule has 0 aliphatic rings. The van der Waals surface area contributed by atoms with Gasteiger partial charge in [-0.3, -0.25) is 4.79 Å². The van der Waals surface area contributed by atoms with Crippen LogP contribution in [0.3, 0.4) is 0 Å². The zero-order chi connectivity index (χ0) is 15.2. The average Bonchev–Trinajstić information content (AvgIpc) is 3.08. The highest BCUT2D eigenvalue weighted by Gasteiger charge is 2.22. The monoisotopic (exact) mass is 324 g/mol. The van der Waals surface area contributed by atoms with Gasteiger partial charge in [-0.25, -0.2) is 9.78 Å². The highest BCUT2D eigenvalue weighted by Crippen LogP contribution is 2.24. The first kappa shape index (κ1) is 15.7. The summed E-state index contributed by atoms with van der Waals surface area (Å²) < 4.78 is 4.92. The highest BCUT2D eigenvalue weighted by molar-refractivity contribution is 7.17. The summed E-state index contributed by atoms with van der Waals surface area (Å²) in [4.78, 5) is 29.2. The number of anilines is 1. The summed E-state index contributed by atoms with van der Waals surface area (Å²) in [7, 11) is 0. The number of aromatic nitrogens is 1. The summed E-state index contributed by atoms with van der Waals surface area (Å²) in [5.41, 5.74) is 0.105. The molecule has 2 aromatic heterocycles. The number of carbonyl (C=O) groups is 2. The van der Waals surface area contributed by atoms with Gasteiger partial charge in [0.1, 0.15) is 4.88 Å². The van der Waals surface area contributed by atoms with Gasteiger partial charge in [0.25, 0.3) is 0 Å². The molecular weight excluding hydrogens is 308 g/mol. The first-order valence-corrected chi connectivity index (χ1v) is 8.26. The molecule has 0 fully saturated rings. The molecule has 0 aliphatic heterocycles. The van der Waals surface area contributed by atoms with Crippen LogP contribution in [0, 0.1) is 0 Å². The topological polar surface area (TPSA) is 68.3 Å². The van der Waals surface area contributed by atoms with Crippen LogP contribution in [0.2, 0.25) is 0 Å². The Morgan fingerprint density at radius 2 is 2.24 bits per heavy atom. The van der Waals surface area contributed by atoms with Crippen molar-refractivity contribution in [2.45, 2.75) is 20.3 Å². The highest BCUT2D eigenvalue weighted by atomic mass is 32.1. The Morgan fingerprint density at radius 3 is 2.86 bits per heavy atom. The minimum Gasteiger partial charge on any atom is -0.461 e. The maximum absolute atomic E-state index is 11.8. The lowest BCUT2D eigenvalue weighted by Crippen LogP contribution is -2.10. The number of carbonyl (C=O) groups excluding carboxylic acids is 2. The number of Topliss-reactive ketones (excluding diaryl/α,β-unsaturated/α-hetero) is 1. The molecule has 0 saturated carbocycles. The van der Waals surface area contributed by atoms with Crippen molar-refractivity contribution in [3.8, 4) is 0 Å². The number of nitrogens with one attached hydrogen (secondary N) is 1. The molecule has 0 aliphatic carbocycles. The molecule has 21 heavy (non-hydrogen) atoms. The third-order valence-corrected chi connectivity index (χ3v) is 4.69. The molecule has 2 heterocycles. The smallest absolute Gasteiger partial charge is 0.358 e. The van der Waals surface area contributed by atoms with Gasteiger partial charge in [0.15, 0.2) is 16.6 Å². The van der Waals surface area contributed by atoms with Crippen LogP contribution in [0.5, 0.6) is 0 Å². The lowest BCUT2D eigenvalue weighted by molar-refractivity contribution is 0.0517. The van der Waals surface area contributed by atoms with Crippen molar-refractivity contribution in [1.29, 1.82) is 0 Å². The molecule has 0 saturated heterocycles. The second-order valence-corrected chi connectivity index (χ2v) is 6.26. The van der Waals surface area contributed by atoms with E-state index in [1.807, 2.05) is 11.4 Å². The van der Waals surface area contributed by atoms with E-state index in [1.165, 1.54) is 23.1 Å². The molecule has 0 bridgehead atoms. The lowest BCUT2D eigenvalue weighted by Gasteiger charge is -2.00. The quantitative estimate of drug-likeness (QED) is 0.625. The first-order valence-electron chi connectivity index (χ1n) is 6.57. The predicted octanol–water partition coefficient (Wildman–Crippen LogP) is 3.24. The summed E-state index contributed by atoms with van der Waals surface area (Å²) >= 11 is 2.89. The van der Waals surface area contributed by atoms with E-state index in [9.17, 15) is 9.59 Å². The summed E-state index contributed by atoms with van der Waals surface area (Å²) in [6.45, 7) is 4.10. The van der Waals surface area contributed by atoms with E-state index in [0.29, 0.717) is 16.6 Å². The maximum Gasteiger partial charge on any atom is 0.358 e. The van der Waals surface area contributed by atoms with E-state index in [0.717, 1.165) is 6.42 Å². The van der Waals surface area contributed by atoms with Crippen LogP contribution in [0.15, 0.2) is 17.5 Å². The number of rotatable bonds is 7. The van der Waals surface area contributed by atoms with E-state index < -0.39 is 5.97 Å². The molecule has 0 spiro atoms. The Morgan fingerprint density at radius 1 is 1.43 bits per heavy atom. The van der Waals surface area contributed by atoms with Gasteiger partial charge in [0, 0.05) is 18.3 Å². The molecule has 7 heteroatoms. The lowest BCUT2D eigenvalue weighted by atomic mass is 10.3. The molecule has 2 aromatic rings. The number of ketones is 1. The SMILES string of the molecule is CCOC(=O)c1nc(NCCc2cccs2)sc1C(C)=O. The molecule has 2 rings (SSSR count). The third kappa shape index (κ3) is 4.12. The van der Waals surface area contributed by atoms with Gasteiger partial charge < -0.3 is 10.1 Å². The van der Waals surface area contributed by atoms with Crippen molar-refractivity contribution in [1.82, 2.24) is 4.98 Å². The summed E-state index contributed by atoms with van der Waals surface area (Å²) in [6.07, 6.45) is 0.876. The summed E-state index contributed by atoms with van der Waals surface area (Å²) in [5.74, 6) is -0.730. The molecule has 0 aromatic carbocycles. The number of thiophene rings is 1. The Balaban J connectivity index is 2.04. The number of esters is 1. The van der Waals surface area contributed by atoms with Gasteiger partial charge in [-0.2, -0.15) is 0 Å². The van der Waals surface area contributed by atoms with Crippen LogP contribution in [0.1, 0.15) is 38.9 Å². The van der Waals surface area contributed by atoms with Crippen molar-refractivity contribution < 1.29 is 14.3 Å². The van der Waals surface area contributed by atoms with E-state index >= 15 is 0 Å². The Labute approximate surface area is 131 Å². The fourth-order valence-electron chi connectivity index (χ4n) is 1.72. The van der Waals surface area contributed by atoms with Crippen molar-refractivity contribution in [2.24, 2.45) is 0 Å². The third-order valence-electron chi connectivity index (χ3n) is 2.64. The molecule has 0 radical (unpaired) electrons. The van der Waals surface area contributed by atoms with Gasteiger partial charge >= 0.3 is 5.97 Å². The van der Waals surface area contributed by atoms with Crippen molar-refractivity contribution in [3.05, 3.63) is 33.0 Å². The van der Waals surface area contributed by atoms with Gasteiger partial charge in [-0.15, -0.1) is 11.3 Å². The summed E-state index contributed by atoms with van der Waals surface area (Å²) in [6, 6.07) is 4.08. The van der Waals surface area contributed by atoms with Gasteiger partial charge in [-0.1, -0.05) is 17.4 Å². The largest absolute Gasteiger partial charge is 0.461 e. The zero-order valence-electron chi connectivity index (χ0n) is 11.8. The number of ether oxygens (including phenoxy) is 1. The first-order chi connectivity index (χ1) is 10.1. The van der Waals surface area contributed by atoms with Crippen LogP contribution < -0.4 is 5.32 Å². The van der Waals surface area contributed by atoms with Crippen molar-refractivity contribution in [2.75, 3.05) is 18.5 Å². The normalized spacial score (nSPS) is 10.4. The number of thiazole rings is 1. The second-order valence-electron chi connectivity index (χ2n) is 4.23. The Hall–Kier alpha value is -1.73. The maximum atomic E-state index is 11.8. The van der Waals surface area contributed by atoms with Crippen molar-refractivity contribution in [3.63, 3.8) is 0 Å². The van der Waals surface area contributed by atoms with Crippen LogP contribution in [-0.2, 0) is 11.2 Å². The number of nitrogens with zero attached hydrogens (tertiary/aromatic N) is 1. The Bertz CT molecular complexity index is 620. The zero-order valence-corrected chi connectivity index (χ0v) is 13.5. The number of hydrogen-bond donors (Lipinski definition) is 1. The number of hydrogen-bond acceptors (Lipinski definition) is 7. The minimum absolute atomic E-state index is 0.105. The molecule has 112 valence electrons. The standard InChI is InChI=1S/C14H16N2O3S2/c1-3-19-13(18)11-12(9(2)17)21-14(16-11)15-7-6-10-5-4-8-20-10/h4-5,8H,3,6-7H2,1-2H3,(H,15,16). The minimum atomic E-state index is -0.551. The van der Waals surface area contributed by atoms with E-state index in [4.69, 9.17) is 4.74 Å². The van der Waals surface area contributed by atoms with Crippen LogP contribution in [0.25, 0.3) is 0 Å². The van der Waals surface area contributed by atoms with Crippen molar-refractivity contribution >= 4 is 39.6 Å². The van der Waals surface area contributed by atoms with Gasteiger partial charge in [0.05, 0.1) is 6.61 Å². The van der Waals surface area contributed by atoms with Gasteiger partial charge in [0.2, 0.25) is 0 Å². The van der Waals surface area contributed by atoms with Crippen LogP contribution in [-0.4, -0.2) is 29.9 Å². The van der Waals surface area contributed by atoms with Crippen LogP contribution in [0.4, 0.5) is 5.13 Å². The van der Waals surface area contributed by atoms with Crippen LogP contribution >= 0.6 is 22.7 Å². The van der Waals surface area contributed by atoms with Gasteiger partial charge in [-0.05, 0) is 24.8 Å². The molecule has 1 N–H and O–H groups in total. The summed E-state index contributed by atoms with van der Waals surface area (Å²) in [5, 5.41) is 5.75. The predicted molar refractivity (Wildman–Crippen MR) is 84.6 cm³/mol. The fourth-order valence-corrected chi connectivity index (χ4v) is 3.30. The molecule has 0 unspecified atom stereocenters.